The fraction of sp³-hybridized carbons (Fsp3) is 0.333. The monoisotopic (exact) mass is 271 g/mol. The number of aryl methyl sites for hydroxylation is 1. The number of amides is 1. The first-order chi connectivity index (χ1) is 8.87. The minimum absolute atomic E-state index is 0.178. The Balaban J connectivity index is 2.13. The summed E-state index contributed by atoms with van der Waals surface area (Å²) < 4.78 is 37.6. The maximum absolute atomic E-state index is 12.0. The number of carbonyl (C=O) groups is 1. The number of para-hydroxylation sites is 2. The molecular formula is C12H12F3N3O. The molecule has 0 aliphatic carbocycles. The van der Waals surface area contributed by atoms with E-state index in [-0.39, 0.29) is 6.54 Å². The summed E-state index contributed by atoms with van der Waals surface area (Å²) in [4.78, 5) is 15.7. The molecule has 0 atom stereocenters. The number of hydrogen-bond donors (Lipinski definition) is 1. The molecule has 0 bridgehead atoms. The predicted molar refractivity (Wildman–Crippen MR) is 63.5 cm³/mol. The van der Waals surface area contributed by atoms with Crippen LogP contribution in [0.25, 0.3) is 11.0 Å². The Morgan fingerprint density at radius 3 is 2.74 bits per heavy atom. The topological polar surface area (TPSA) is 46.9 Å². The van der Waals surface area contributed by atoms with Crippen LogP contribution in [0.15, 0.2) is 24.3 Å². The number of imidazole rings is 1. The molecule has 0 aliphatic heterocycles. The summed E-state index contributed by atoms with van der Waals surface area (Å²) in [6, 6.07) is 7.15. The van der Waals surface area contributed by atoms with E-state index in [4.69, 9.17) is 0 Å². The summed E-state index contributed by atoms with van der Waals surface area (Å²) in [6.45, 7) is 0.205. The van der Waals surface area contributed by atoms with E-state index in [0.717, 1.165) is 5.52 Å². The molecule has 1 aromatic carbocycles. The smallest absolute Gasteiger partial charge is 0.345 e. The molecule has 0 spiro atoms. The van der Waals surface area contributed by atoms with Crippen molar-refractivity contribution in [2.24, 2.45) is 0 Å². The molecule has 19 heavy (non-hydrogen) atoms. The van der Waals surface area contributed by atoms with Gasteiger partial charge in [0.15, 0.2) is 0 Å². The van der Waals surface area contributed by atoms with Crippen LogP contribution in [0.5, 0.6) is 0 Å². The van der Waals surface area contributed by atoms with Crippen LogP contribution in [0, 0.1) is 6.92 Å². The van der Waals surface area contributed by atoms with E-state index in [1.54, 1.807) is 29.7 Å². The molecule has 0 radical (unpaired) electrons. The van der Waals surface area contributed by atoms with Crippen LogP contribution in [-0.2, 0) is 11.3 Å². The lowest BCUT2D eigenvalue weighted by atomic mass is 10.3. The minimum atomic E-state index is -4.40. The van der Waals surface area contributed by atoms with Gasteiger partial charge in [-0.3, -0.25) is 4.79 Å². The summed E-state index contributed by atoms with van der Waals surface area (Å²) >= 11 is 0. The number of benzene rings is 1. The SMILES string of the molecule is Cc1nc2ccccc2n1CC(=O)NCC(F)(F)F. The Morgan fingerprint density at radius 2 is 2.05 bits per heavy atom. The maximum Gasteiger partial charge on any atom is 0.405 e. The average Bonchev–Trinajstić information content (AvgIpc) is 2.63. The van der Waals surface area contributed by atoms with Crippen molar-refractivity contribution in [2.75, 3.05) is 6.54 Å². The Bertz CT molecular complexity index is 604. The quantitative estimate of drug-likeness (QED) is 0.928. The second kappa shape index (κ2) is 4.91. The highest BCUT2D eigenvalue weighted by molar-refractivity contribution is 5.81. The number of aromatic nitrogens is 2. The molecular weight excluding hydrogens is 259 g/mol. The fourth-order valence-corrected chi connectivity index (χ4v) is 1.79. The second-order valence-corrected chi connectivity index (χ2v) is 4.13. The normalized spacial score (nSPS) is 11.8. The molecule has 7 heteroatoms. The van der Waals surface area contributed by atoms with E-state index in [1.807, 2.05) is 11.4 Å². The van der Waals surface area contributed by atoms with Crippen LogP contribution < -0.4 is 5.32 Å². The number of fused-ring (bicyclic) bond motifs is 1. The zero-order chi connectivity index (χ0) is 14.0. The maximum atomic E-state index is 12.0. The zero-order valence-corrected chi connectivity index (χ0v) is 10.2. The summed E-state index contributed by atoms with van der Waals surface area (Å²) in [5, 5.41) is 1.84. The number of halogens is 3. The first-order valence-corrected chi connectivity index (χ1v) is 5.62. The minimum Gasteiger partial charge on any atom is -0.345 e. The van der Waals surface area contributed by atoms with Gasteiger partial charge in [-0.25, -0.2) is 4.98 Å². The third-order valence-corrected chi connectivity index (χ3v) is 2.63. The number of carbonyl (C=O) groups excluding carboxylic acids is 1. The summed E-state index contributed by atoms with van der Waals surface area (Å²) in [7, 11) is 0. The molecule has 0 unspecified atom stereocenters. The van der Waals surface area contributed by atoms with Crippen LogP contribution in [0.2, 0.25) is 0 Å². The van der Waals surface area contributed by atoms with Crippen LogP contribution in [0.4, 0.5) is 13.2 Å². The van der Waals surface area contributed by atoms with Crippen LogP contribution in [-0.4, -0.2) is 28.2 Å². The first kappa shape index (κ1) is 13.4. The van der Waals surface area contributed by atoms with Gasteiger partial charge in [-0.2, -0.15) is 13.2 Å². The lowest BCUT2D eigenvalue weighted by Gasteiger charge is -2.10. The van der Waals surface area contributed by atoms with Gasteiger partial charge in [0.1, 0.15) is 18.9 Å². The van der Waals surface area contributed by atoms with E-state index in [0.29, 0.717) is 11.3 Å². The highest BCUT2D eigenvalue weighted by Crippen LogP contribution is 2.15. The molecule has 1 N–H and O–H groups in total. The van der Waals surface area contributed by atoms with Crippen LogP contribution >= 0.6 is 0 Å². The fourth-order valence-electron chi connectivity index (χ4n) is 1.79. The van der Waals surface area contributed by atoms with Crippen molar-refractivity contribution in [1.29, 1.82) is 0 Å². The van der Waals surface area contributed by atoms with Gasteiger partial charge in [-0.1, -0.05) is 12.1 Å². The molecule has 1 amide bonds. The van der Waals surface area contributed by atoms with E-state index >= 15 is 0 Å². The molecule has 2 aromatic rings. The van der Waals surface area contributed by atoms with E-state index in [9.17, 15) is 18.0 Å². The van der Waals surface area contributed by atoms with Crippen molar-refractivity contribution in [1.82, 2.24) is 14.9 Å². The Hall–Kier alpha value is -2.05. The van der Waals surface area contributed by atoms with Crippen molar-refractivity contribution >= 4 is 16.9 Å². The average molecular weight is 271 g/mol. The predicted octanol–water partition coefficient (Wildman–Crippen LogP) is 2.02. The molecule has 0 saturated heterocycles. The lowest BCUT2D eigenvalue weighted by Crippen LogP contribution is -2.35. The number of nitrogens with one attached hydrogen (secondary N) is 1. The van der Waals surface area contributed by atoms with E-state index in [1.165, 1.54) is 0 Å². The van der Waals surface area contributed by atoms with Gasteiger partial charge in [0, 0.05) is 0 Å². The largest absolute Gasteiger partial charge is 0.405 e. The van der Waals surface area contributed by atoms with E-state index < -0.39 is 18.6 Å². The third kappa shape index (κ3) is 3.24. The molecule has 4 nitrogen and oxygen atoms in total. The van der Waals surface area contributed by atoms with Crippen molar-refractivity contribution in [3.05, 3.63) is 30.1 Å². The second-order valence-electron chi connectivity index (χ2n) is 4.13. The highest BCUT2D eigenvalue weighted by atomic mass is 19.4. The third-order valence-electron chi connectivity index (χ3n) is 2.63. The Kier molecular flexibility index (Phi) is 3.46. The van der Waals surface area contributed by atoms with Crippen molar-refractivity contribution in [3.8, 4) is 0 Å². The van der Waals surface area contributed by atoms with E-state index in [2.05, 4.69) is 4.98 Å². The Labute approximate surface area is 107 Å². The molecule has 0 fully saturated rings. The van der Waals surface area contributed by atoms with Gasteiger partial charge in [0.25, 0.3) is 0 Å². The van der Waals surface area contributed by atoms with Gasteiger partial charge in [0.05, 0.1) is 11.0 Å². The molecule has 1 aromatic heterocycles. The van der Waals surface area contributed by atoms with Gasteiger partial charge >= 0.3 is 6.18 Å². The van der Waals surface area contributed by atoms with Gasteiger partial charge in [-0.15, -0.1) is 0 Å². The number of hydrogen-bond acceptors (Lipinski definition) is 2. The molecule has 1 heterocycles. The number of rotatable bonds is 3. The first-order valence-electron chi connectivity index (χ1n) is 5.62. The van der Waals surface area contributed by atoms with Crippen molar-refractivity contribution in [3.63, 3.8) is 0 Å². The molecule has 0 aliphatic rings. The number of alkyl halides is 3. The summed E-state index contributed by atoms with van der Waals surface area (Å²) in [5.74, 6) is -0.105. The molecule has 102 valence electrons. The lowest BCUT2D eigenvalue weighted by molar-refractivity contribution is -0.138. The highest BCUT2D eigenvalue weighted by Gasteiger charge is 2.27. The molecule has 2 rings (SSSR count). The summed E-state index contributed by atoms with van der Waals surface area (Å²) in [5.41, 5.74) is 1.44. The standard InChI is InChI=1S/C12H12F3N3O/c1-8-17-9-4-2-3-5-10(9)18(8)6-11(19)16-7-12(13,14)15/h2-5H,6-7H2,1H3,(H,16,19). The Morgan fingerprint density at radius 1 is 1.37 bits per heavy atom. The van der Waals surface area contributed by atoms with Crippen molar-refractivity contribution < 1.29 is 18.0 Å². The van der Waals surface area contributed by atoms with Gasteiger partial charge < -0.3 is 9.88 Å². The summed E-state index contributed by atoms with van der Waals surface area (Å²) in [6.07, 6.45) is -4.40. The van der Waals surface area contributed by atoms with Crippen LogP contribution in [0.3, 0.4) is 0 Å². The zero-order valence-electron chi connectivity index (χ0n) is 10.2. The van der Waals surface area contributed by atoms with Crippen LogP contribution in [0.1, 0.15) is 5.82 Å². The van der Waals surface area contributed by atoms with Gasteiger partial charge in [0.2, 0.25) is 5.91 Å². The molecule has 0 saturated carbocycles. The number of nitrogens with zero attached hydrogens (tertiary/aromatic N) is 2. The van der Waals surface area contributed by atoms with Crippen molar-refractivity contribution in [2.45, 2.75) is 19.6 Å². The van der Waals surface area contributed by atoms with Gasteiger partial charge in [-0.05, 0) is 19.1 Å².